The summed E-state index contributed by atoms with van der Waals surface area (Å²) in [6.45, 7) is 0.453. The summed E-state index contributed by atoms with van der Waals surface area (Å²) in [4.78, 5) is 15.2. The fraction of sp³-hybridized carbons (Fsp3) is 0.240. The van der Waals surface area contributed by atoms with Gasteiger partial charge in [-0.1, -0.05) is 18.2 Å². The summed E-state index contributed by atoms with van der Waals surface area (Å²) >= 11 is 0. The van der Waals surface area contributed by atoms with Gasteiger partial charge in [-0.05, 0) is 73.0 Å². The van der Waals surface area contributed by atoms with Crippen LogP contribution < -0.4 is 14.2 Å². The molecule has 0 unspecified atom stereocenters. The lowest BCUT2D eigenvalue weighted by molar-refractivity contribution is 0.0729. The lowest BCUT2D eigenvalue weighted by Crippen LogP contribution is -2.32. The summed E-state index contributed by atoms with van der Waals surface area (Å²) < 4.78 is 38.7. The Bertz CT molecular complexity index is 1220. The molecule has 0 heterocycles. The molecule has 3 aromatic carbocycles. The van der Waals surface area contributed by atoms with Crippen molar-refractivity contribution in [3.63, 3.8) is 0 Å². The second-order valence-corrected chi connectivity index (χ2v) is 9.56. The van der Waals surface area contributed by atoms with Gasteiger partial charge in [0.05, 0.1) is 19.1 Å². The fourth-order valence-electron chi connectivity index (χ4n) is 3.52. The van der Waals surface area contributed by atoms with Gasteiger partial charge in [0.1, 0.15) is 11.5 Å². The maximum absolute atomic E-state index is 13.3. The Morgan fingerprint density at radius 3 is 2.12 bits per heavy atom. The molecule has 4 rings (SSSR count). The summed E-state index contributed by atoms with van der Waals surface area (Å²) in [5.74, 6) is 1.20. The van der Waals surface area contributed by atoms with Crippen molar-refractivity contribution in [3.05, 3.63) is 83.9 Å². The number of nitrogens with one attached hydrogen (secondary N) is 1. The first-order valence-corrected chi connectivity index (χ1v) is 12.1. The number of methoxy groups -OCH3 is 2. The molecule has 1 amide bonds. The van der Waals surface area contributed by atoms with E-state index in [4.69, 9.17) is 9.47 Å². The van der Waals surface area contributed by atoms with Crippen LogP contribution in [-0.2, 0) is 16.6 Å². The number of benzene rings is 3. The molecule has 0 bridgehead atoms. The van der Waals surface area contributed by atoms with Gasteiger partial charge in [-0.25, -0.2) is 8.42 Å². The van der Waals surface area contributed by atoms with Gasteiger partial charge in [0, 0.05) is 23.8 Å². The molecule has 8 heteroatoms. The number of sulfonamides is 1. The highest BCUT2D eigenvalue weighted by molar-refractivity contribution is 7.92. The van der Waals surface area contributed by atoms with E-state index in [-0.39, 0.29) is 16.8 Å². The first-order valence-electron chi connectivity index (χ1n) is 10.6. The zero-order valence-electron chi connectivity index (χ0n) is 18.5. The quantitative estimate of drug-likeness (QED) is 0.508. The van der Waals surface area contributed by atoms with Gasteiger partial charge < -0.3 is 14.4 Å². The smallest absolute Gasteiger partial charge is 0.261 e. The Kier molecular flexibility index (Phi) is 6.55. The van der Waals surface area contributed by atoms with E-state index in [0.717, 1.165) is 24.2 Å². The second kappa shape index (κ2) is 9.54. The number of ether oxygens (including phenoxy) is 2. The maximum Gasteiger partial charge on any atom is 0.261 e. The highest BCUT2D eigenvalue weighted by Gasteiger charge is 2.33. The van der Waals surface area contributed by atoms with Gasteiger partial charge in [0.25, 0.3) is 15.9 Å². The van der Waals surface area contributed by atoms with E-state index in [1.54, 1.807) is 50.6 Å². The van der Waals surface area contributed by atoms with Crippen molar-refractivity contribution in [1.82, 2.24) is 4.90 Å². The van der Waals surface area contributed by atoms with Crippen molar-refractivity contribution in [2.45, 2.75) is 30.3 Å². The molecule has 0 aromatic heterocycles. The zero-order chi connectivity index (χ0) is 23.4. The predicted octanol–water partition coefficient (Wildman–Crippen LogP) is 4.31. The van der Waals surface area contributed by atoms with Crippen LogP contribution in [-0.4, -0.2) is 39.5 Å². The molecular weight excluding hydrogens is 440 g/mol. The molecule has 0 radical (unpaired) electrons. The molecule has 0 saturated heterocycles. The summed E-state index contributed by atoms with van der Waals surface area (Å²) in [5, 5.41) is 0. The van der Waals surface area contributed by atoms with Gasteiger partial charge in [-0.3, -0.25) is 9.52 Å². The number of hydrogen-bond donors (Lipinski definition) is 1. The Balaban J connectivity index is 1.53. The normalized spacial score (nSPS) is 13.3. The van der Waals surface area contributed by atoms with Crippen LogP contribution in [0.2, 0.25) is 0 Å². The third kappa shape index (κ3) is 5.46. The van der Waals surface area contributed by atoms with Crippen molar-refractivity contribution in [1.29, 1.82) is 0 Å². The number of nitrogens with zero attached hydrogens (tertiary/aromatic N) is 1. The SMILES string of the molecule is COc1ccc(CN(C(=O)c2cccc(S(=O)(=O)Nc3ccc(OC)cc3)c2)C2CC2)cc1. The first kappa shape index (κ1) is 22.7. The zero-order valence-corrected chi connectivity index (χ0v) is 19.3. The molecule has 33 heavy (non-hydrogen) atoms. The van der Waals surface area contributed by atoms with Crippen molar-refractivity contribution >= 4 is 21.6 Å². The van der Waals surface area contributed by atoms with Gasteiger partial charge >= 0.3 is 0 Å². The van der Waals surface area contributed by atoms with Crippen LogP contribution in [0.5, 0.6) is 11.5 Å². The number of amides is 1. The maximum atomic E-state index is 13.3. The third-order valence-electron chi connectivity index (χ3n) is 5.49. The van der Waals surface area contributed by atoms with Gasteiger partial charge in [-0.2, -0.15) is 0 Å². The third-order valence-corrected chi connectivity index (χ3v) is 6.87. The monoisotopic (exact) mass is 466 g/mol. The largest absolute Gasteiger partial charge is 0.497 e. The van der Waals surface area contributed by atoms with E-state index in [1.165, 1.54) is 12.1 Å². The lowest BCUT2D eigenvalue weighted by Gasteiger charge is -2.23. The molecular formula is C25H26N2O5S. The van der Waals surface area contributed by atoms with E-state index in [9.17, 15) is 13.2 Å². The number of carbonyl (C=O) groups excluding carboxylic acids is 1. The van der Waals surface area contributed by atoms with E-state index in [0.29, 0.717) is 23.5 Å². The Labute approximate surface area is 194 Å². The molecule has 172 valence electrons. The van der Waals surface area contributed by atoms with Gasteiger partial charge in [-0.15, -0.1) is 0 Å². The van der Waals surface area contributed by atoms with E-state index < -0.39 is 10.0 Å². The van der Waals surface area contributed by atoms with Crippen molar-refractivity contribution in [3.8, 4) is 11.5 Å². The molecule has 0 aliphatic heterocycles. The minimum Gasteiger partial charge on any atom is -0.497 e. The van der Waals surface area contributed by atoms with Crippen LogP contribution in [0.3, 0.4) is 0 Å². The second-order valence-electron chi connectivity index (χ2n) is 7.87. The average Bonchev–Trinajstić information content (AvgIpc) is 3.68. The summed E-state index contributed by atoms with van der Waals surface area (Å²) in [6.07, 6.45) is 1.89. The van der Waals surface area contributed by atoms with Gasteiger partial charge in [0.2, 0.25) is 0 Å². The Morgan fingerprint density at radius 2 is 1.55 bits per heavy atom. The van der Waals surface area contributed by atoms with Crippen LogP contribution in [0.4, 0.5) is 5.69 Å². The average molecular weight is 467 g/mol. The summed E-state index contributed by atoms with van der Waals surface area (Å²) in [6, 6.07) is 20.5. The molecule has 1 aliphatic carbocycles. The molecule has 1 saturated carbocycles. The minimum absolute atomic E-state index is 0.0318. The van der Waals surface area contributed by atoms with Crippen molar-refractivity contribution in [2.24, 2.45) is 0 Å². The van der Waals surface area contributed by atoms with Crippen LogP contribution in [0, 0.1) is 0 Å². The topological polar surface area (TPSA) is 84.9 Å². The van der Waals surface area contributed by atoms with Crippen LogP contribution in [0.25, 0.3) is 0 Å². The number of rotatable bonds is 9. The van der Waals surface area contributed by atoms with Crippen molar-refractivity contribution in [2.75, 3.05) is 18.9 Å². The fourth-order valence-corrected chi connectivity index (χ4v) is 4.62. The molecule has 1 aliphatic rings. The summed E-state index contributed by atoms with van der Waals surface area (Å²) in [7, 11) is -0.708. The number of anilines is 1. The van der Waals surface area contributed by atoms with Crippen LogP contribution in [0.1, 0.15) is 28.8 Å². The van der Waals surface area contributed by atoms with Crippen molar-refractivity contribution < 1.29 is 22.7 Å². The number of carbonyl (C=O) groups is 1. The highest BCUT2D eigenvalue weighted by Crippen LogP contribution is 2.30. The molecule has 7 nitrogen and oxygen atoms in total. The minimum atomic E-state index is -3.86. The molecule has 0 atom stereocenters. The number of hydrogen-bond acceptors (Lipinski definition) is 5. The molecule has 1 fully saturated rings. The lowest BCUT2D eigenvalue weighted by atomic mass is 10.1. The standard InChI is InChI=1S/C25H26N2O5S/c1-31-22-12-6-18(7-13-22)17-27(21-10-11-21)25(28)19-4-3-5-24(16-19)33(29,30)26-20-8-14-23(32-2)15-9-20/h3-9,12-16,21,26H,10-11,17H2,1-2H3. The molecule has 1 N–H and O–H groups in total. The Morgan fingerprint density at radius 1 is 0.939 bits per heavy atom. The van der Waals surface area contributed by atoms with E-state index in [1.807, 2.05) is 29.2 Å². The predicted molar refractivity (Wildman–Crippen MR) is 126 cm³/mol. The molecule has 3 aromatic rings. The Hall–Kier alpha value is -3.52. The van der Waals surface area contributed by atoms with E-state index in [2.05, 4.69) is 4.72 Å². The highest BCUT2D eigenvalue weighted by atomic mass is 32.2. The van der Waals surface area contributed by atoms with Crippen LogP contribution >= 0.6 is 0 Å². The van der Waals surface area contributed by atoms with Crippen LogP contribution in [0.15, 0.2) is 77.7 Å². The van der Waals surface area contributed by atoms with Gasteiger partial charge in [0.15, 0.2) is 0 Å². The first-order chi connectivity index (χ1) is 15.9. The van der Waals surface area contributed by atoms with E-state index >= 15 is 0 Å². The molecule has 0 spiro atoms. The summed E-state index contributed by atoms with van der Waals surface area (Å²) in [5.41, 5.74) is 1.74.